The van der Waals surface area contributed by atoms with Crippen molar-refractivity contribution in [3.05, 3.63) is 12.2 Å². The van der Waals surface area contributed by atoms with Crippen LogP contribution in [0.2, 0.25) is 0 Å². The number of ether oxygens (including phenoxy) is 1. The molecule has 4 unspecified atom stereocenters. The quantitative estimate of drug-likeness (QED) is 0.464. The van der Waals surface area contributed by atoms with Gasteiger partial charge in [-0.05, 0) is 72.1 Å². The molecule has 7 nitrogen and oxygen atoms in total. The second-order valence-electron chi connectivity index (χ2n) is 10.6. The molecule has 0 aliphatic carbocycles. The average Bonchev–Trinajstić information content (AvgIpc) is 2.64. The number of piperidine rings is 1. The van der Waals surface area contributed by atoms with Crippen LogP contribution in [0.4, 0.5) is 4.79 Å². The van der Waals surface area contributed by atoms with E-state index < -0.39 is 11.7 Å². The van der Waals surface area contributed by atoms with Crippen LogP contribution in [0.5, 0.6) is 0 Å². The Kier molecular flexibility index (Phi) is 11.7. The van der Waals surface area contributed by atoms with E-state index in [-0.39, 0.29) is 18.0 Å². The second-order valence-corrected chi connectivity index (χ2v) is 10.6. The molecule has 1 aliphatic rings. The Hall–Kier alpha value is -1.60. The predicted molar refractivity (Wildman–Crippen MR) is 129 cm³/mol. The van der Waals surface area contributed by atoms with Crippen LogP contribution in [-0.2, 0) is 14.4 Å². The highest BCUT2D eigenvalue weighted by Gasteiger charge is 2.35. The minimum atomic E-state index is -0.542. The van der Waals surface area contributed by atoms with E-state index in [1.165, 1.54) is 0 Å². The number of nitrogens with zero attached hydrogens (tertiary/aromatic N) is 1. The smallest absolute Gasteiger partial charge is 0.408 e. The Balaban J connectivity index is 2.59. The molecular weight excluding hydrogens is 406 g/mol. The number of hydroxylamine groups is 2. The molecule has 0 aromatic carbocycles. The van der Waals surface area contributed by atoms with Crippen LogP contribution in [0.25, 0.3) is 0 Å². The van der Waals surface area contributed by atoms with E-state index in [9.17, 15) is 9.59 Å². The van der Waals surface area contributed by atoms with Crippen molar-refractivity contribution in [2.24, 2.45) is 11.8 Å². The molecule has 0 spiro atoms. The van der Waals surface area contributed by atoms with Gasteiger partial charge in [0.05, 0.1) is 13.2 Å². The third kappa shape index (κ3) is 10.3. The number of carbonyl (C=O) groups is 2. The fourth-order valence-electron chi connectivity index (χ4n) is 4.46. The van der Waals surface area contributed by atoms with Crippen molar-refractivity contribution in [3.63, 3.8) is 0 Å². The Morgan fingerprint density at radius 2 is 1.81 bits per heavy atom. The first-order valence-electron chi connectivity index (χ1n) is 12.1. The van der Waals surface area contributed by atoms with Crippen LogP contribution >= 0.6 is 0 Å². The van der Waals surface area contributed by atoms with E-state index in [4.69, 9.17) is 9.57 Å². The van der Waals surface area contributed by atoms with Crippen molar-refractivity contribution in [2.75, 3.05) is 7.11 Å². The molecule has 32 heavy (non-hydrogen) atoms. The molecule has 1 heterocycles. The van der Waals surface area contributed by atoms with Crippen molar-refractivity contribution < 1.29 is 19.2 Å². The standard InChI is InChI=1S/C25H47N3O4/c1-10-22-16-20(15-18(4)28(22)31-9)19(5)26-23(29)13-11-12-21(14-17(2)3)27-24(30)32-25(6,7)8/h11-12,17-22H,10,13-16H2,1-9H3,(H,26,29)(H,27,30)/b12-11+/t18?,19?,20-,21?,22?/m1/s1. The SMILES string of the molecule is CCC1C[C@H](C(C)NC(=O)C/C=C/C(CC(C)C)NC(=O)OC(C)(C)C)CC(C)N1OC. The predicted octanol–water partition coefficient (Wildman–Crippen LogP) is 4.82. The maximum absolute atomic E-state index is 12.6. The van der Waals surface area contributed by atoms with E-state index in [2.05, 4.69) is 50.3 Å². The zero-order valence-electron chi connectivity index (χ0n) is 21.7. The lowest BCUT2D eigenvalue weighted by Crippen LogP contribution is -2.51. The fraction of sp³-hybridized carbons (Fsp3) is 0.840. The van der Waals surface area contributed by atoms with Crippen molar-refractivity contribution in [2.45, 2.75) is 117 Å². The van der Waals surface area contributed by atoms with Gasteiger partial charge in [-0.1, -0.05) is 32.9 Å². The highest BCUT2D eigenvalue weighted by molar-refractivity contribution is 5.77. The Labute approximate surface area is 195 Å². The molecule has 186 valence electrons. The van der Waals surface area contributed by atoms with Gasteiger partial charge in [0.15, 0.2) is 0 Å². The number of rotatable bonds is 10. The molecule has 0 radical (unpaired) electrons. The van der Waals surface area contributed by atoms with Crippen molar-refractivity contribution in [1.29, 1.82) is 0 Å². The molecule has 0 aromatic rings. The molecule has 0 aromatic heterocycles. The van der Waals surface area contributed by atoms with Crippen molar-refractivity contribution in [3.8, 4) is 0 Å². The summed E-state index contributed by atoms with van der Waals surface area (Å²) in [5.41, 5.74) is -0.542. The molecule has 2 N–H and O–H groups in total. The minimum absolute atomic E-state index is 0.00388. The second kappa shape index (κ2) is 13.2. The summed E-state index contributed by atoms with van der Waals surface area (Å²) >= 11 is 0. The number of hydrogen-bond donors (Lipinski definition) is 2. The molecule has 5 atom stereocenters. The van der Waals surface area contributed by atoms with E-state index in [1.807, 2.05) is 32.9 Å². The Morgan fingerprint density at radius 1 is 1.16 bits per heavy atom. The normalized spacial score (nSPS) is 24.4. The summed E-state index contributed by atoms with van der Waals surface area (Å²) in [6, 6.07) is 0.653. The molecule has 0 bridgehead atoms. The van der Waals surface area contributed by atoms with Crippen molar-refractivity contribution >= 4 is 12.0 Å². The molecule has 1 aliphatic heterocycles. The van der Waals surface area contributed by atoms with Crippen LogP contribution in [0.3, 0.4) is 0 Å². The maximum Gasteiger partial charge on any atom is 0.408 e. The van der Waals surface area contributed by atoms with Crippen molar-refractivity contribution in [1.82, 2.24) is 15.7 Å². The van der Waals surface area contributed by atoms with E-state index >= 15 is 0 Å². The van der Waals surface area contributed by atoms with Gasteiger partial charge in [-0.3, -0.25) is 4.79 Å². The zero-order valence-corrected chi connectivity index (χ0v) is 21.7. The third-order valence-corrected chi connectivity index (χ3v) is 5.89. The van der Waals surface area contributed by atoms with Gasteiger partial charge in [-0.2, -0.15) is 5.06 Å². The summed E-state index contributed by atoms with van der Waals surface area (Å²) < 4.78 is 5.36. The molecule has 1 rings (SSSR count). The van der Waals surface area contributed by atoms with Gasteiger partial charge in [-0.15, -0.1) is 0 Å². The molecule has 1 saturated heterocycles. The highest BCUT2D eigenvalue weighted by Crippen LogP contribution is 2.31. The number of carbonyl (C=O) groups excluding carboxylic acids is 2. The first kappa shape index (κ1) is 28.4. The first-order chi connectivity index (χ1) is 14.9. The molecule has 1 fully saturated rings. The van der Waals surface area contributed by atoms with Gasteiger partial charge < -0.3 is 20.2 Å². The summed E-state index contributed by atoms with van der Waals surface area (Å²) in [4.78, 5) is 30.3. The number of amides is 2. The average molecular weight is 454 g/mol. The molecule has 0 saturated carbocycles. The maximum atomic E-state index is 12.6. The Morgan fingerprint density at radius 3 is 2.34 bits per heavy atom. The summed E-state index contributed by atoms with van der Waals surface area (Å²) in [5.74, 6) is 0.834. The third-order valence-electron chi connectivity index (χ3n) is 5.89. The van der Waals surface area contributed by atoms with Crippen LogP contribution in [0.15, 0.2) is 12.2 Å². The minimum Gasteiger partial charge on any atom is -0.444 e. The van der Waals surface area contributed by atoms with E-state index in [0.29, 0.717) is 30.3 Å². The van der Waals surface area contributed by atoms with Crippen LogP contribution in [-0.4, -0.2) is 53.9 Å². The molecular formula is C25H47N3O4. The summed E-state index contributed by atoms with van der Waals surface area (Å²) in [6.07, 6.45) is 7.42. The molecule has 7 heteroatoms. The van der Waals surface area contributed by atoms with Crippen LogP contribution in [0.1, 0.15) is 87.5 Å². The summed E-state index contributed by atoms with van der Waals surface area (Å²) in [6.45, 7) is 16.2. The molecule has 2 amide bonds. The highest BCUT2D eigenvalue weighted by atomic mass is 16.7. The van der Waals surface area contributed by atoms with Gasteiger partial charge in [0.25, 0.3) is 0 Å². The van der Waals surface area contributed by atoms with E-state index in [1.54, 1.807) is 7.11 Å². The largest absolute Gasteiger partial charge is 0.444 e. The number of nitrogens with one attached hydrogen (secondary N) is 2. The number of alkyl carbamates (subject to hydrolysis) is 1. The lowest BCUT2D eigenvalue weighted by molar-refractivity contribution is -0.210. The van der Waals surface area contributed by atoms with E-state index in [0.717, 1.165) is 25.7 Å². The summed E-state index contributed by atoms with van der Waals surface area (Å²) in [5, 5.41) is 8.17. The Bertz CT molecular complexity index is 615. The van der Waals surface area contributed by atoms with Gasteiger partial charge in [-0.25, -0.2) is 4.79 Å². The van der Waals surface area contributed by atoms with Gasteiger partial charge in [0, 0.05) is 24.5 Å². The number of hydrogen-bond acceptors (Lipinski definition) is 5. The monoisotopic (exact) mass is 453 g/mol. The zero-order chi connectivity index (χ0) is 24.5. The first-order valence-corrected chi connectivity index (χ1v) is 12.1. The van der Waals surface area contributed by atoms with Crippen LogP contribution in [0, 0.1) is 11.8 Å². The van der Waals surface area contributed by atoms with Gasteiger partial charge in [0.1, 0.15) is 5.60 Å². The fourth-order valence-corrected chi connectivity index (χ4v) is 4.46. The lowest BCUT2D eigenvalue weighted by Gasteiger charge is -2.43. The van der Waals surface area contributed by atoms with Gasteiger partial charge >= 0.3 is 6.09 Å². The lowest BCUT2D eigenvalue weighted by atomic mass is 9.82. The van der Waals surface area contributed by atoms with Gasteiger partial charge in [0.2, 0.25) is 5.91 Å². The summed E-state index contributed by atoms with van der Waals surface area (Å²) in [7, 11) is 1.74. The topological polar surface area (TPSA) is 79.9 Å². The van der Waals surface area contributed by atoms with Crippen LogP contribution < -0.4 is 10.6 Å².